The number of quaternary nitrogens is 1. The number of fused-ring (bicyclic) bond motifs is 11. The maximum atomic E-state index is 3.85. The van der Waals surface area contributed by atoms with Gasteiger partial charge in [-0.3, -0.25) is 0 Å². The number of hydrazine groups is 1. The summed E-state index contributed by atoms with van der Waals surface area (Å²) in [5, 5.41) is 17.4. The van der Waals surface area contributed by atoms with Gasteiger partial charge in [-0.25, -0.2) is 0 Å². The molecule has 3 atom stereocenters. The molecule has 1 aliphatic rings. The summed E-state index contributed by atoms with van der Waals surface area (Å²) in [7, 11) is 0. The summed E-state index contributed by atoms with van der Waals surface area (Å²) in [6.07, 6.45) is 0.146. The van der Waals surface area contributed by atoms with Crippen molar-refractivity contribution in [2.45, 2.75) is 12.3 Å². The van der Waals surface area contributed by atoms with E-state index in [1.54, 1.807) is 0 Å². The van der Waals surface area contributed by atoms with Gasteiger partial charge in [0.15, 0.2) is 0 Å². The van der Waals surface area contributed by atoms with Gasteiger partial charge in [0.25, 0.3) is 0 Å². The number of nitrogens with two attached hydrogens (primary N) is 1. The predicted molar refractivity (Wildman–Crippen MR) is 295 cm³/mol. The third-order valence-corrected chi connectivity index (χ3v) is 17.4. The molecular formula is C66H46IN5. The van der Waals surface area contributed by atoms with Crippen molar-refractivity contribution in [1.29, 1.82) is 0 Å². The van der Waals surface area contributed by atoms with Crippen molar-refractivity contribution in [2.75, 3.05) is 0 Å². The van der Waals surface area contributed by atoms with E-state index < -0.39 is 21.5 Å². The number of benzene rings is 12. The summed E-state index contributed by atoms with van der Waals surface area (Å²) in [5.74, 6) is 0. The SMILES string of the molecule is c1ccc(-c2cccc(C([NH2+][I-]c3cc(-n4c5ccccc5c5c(-n6c7ccccc7c7ccc8ccccc8c76)c6ccccc6cc54)c4ccccc4c3)N3NC3c3cccc4ccccc34)c2)cc1. The zero-order chi connectivity index (χ0) is 47.3. The monoisotopic (exact) mass is 1040 g/mol. The molecule has 0 bridgehead atoms. The van der Waals surface area contributed by atoms with Crippen LogP contribution in [0.2, 0.25) is 0 Å². The number of hydrogen-bond acceptors (Lipinski definition) is 2. The van der Waals surface area contributed by atoms with Gasteiger partial charge in [-0.05, 0) is 0 Å². The number of rotatable bonds is 9. The number of para-hydroxylation sites is 2. The van der Waals surface area contributed by atoms with Crippen molar-refractivity contribution in [2.24, 2.45) is 0 Å². The van der Waals surface area contributed by atoms with E-state index in [-0.39, 0.29) is 12.3 Å². The normalized spacial score (nSPS) is 15.3. The van der Waals surface area contributed by atoms with Crippen molar-refractivity contribution < 1.29 is 25.0 Å². The van der Waals surface area contributed by atoms with E-state index in [2.05, 4.69) is 272 Å². The number of hydrogen-bond donors (Lipinski definition) is 2. The zero-order valence-corrected chi connectivity index (χ0v) is 41.3. The average Bonchev–Trinajstić information content (AvgIpc) is 4.06. The Morgan fingerprint density at radius 2 is 1.00 bits per heavy atom. The van der Waals surface area contributed by atoms with Gasteiger partial charge in [0.2, 0.25) is 0 Å². The van der Waals surface area contributed by atoms with Crippen LogP contribution < -0.4 is 30.4 Å². The first-order valence-corrected chi connectivity index (χ1v) is 27.1. The molecule has 0 radical (unpaired) electrons. The van der Waals surface area contributed by atoms with Crippen LogP contribution in [-0.4, -0.2) is 14.1 Å². The fourth-order valence-corrected chi connectivity index (χ4v) is 14.2. The van der Waals surface area contributed by atoms with Crippen LogP contribution in [0.1, 0.15) is 23.5 Å². The van der Waals surface area contributed by atoms with Crippen LogP contribution in [-0.2, 0) is 0 Å². The van der Waals surface area contributed by atoms with Gasteiger partial charge in [0.05, 0.1) is 0 Å². The quantitative estimate of drug-likeness (QED) is 0.0860. The minimum atomic E-state index is -0.627. The Hall–Kier alpha value is -8.11. The second-order valence-corrected chi connectivity index (χ2v) is 21.6. The van der Waals surface area contributed by atoms with Gasteiger partial charge in [-0.2, -0.15) is 0 Å². The van der Waals surface area contributed by atoms with Crippen molar-refractivity contribution >= 4 is 86.7 Å². The molecule has 6 heteroatoms. The van der Waals surface area contributed by atoms with Gasteiger partial charge < -0.3 is 0 Å². The summed E-state index contributed by atoms with van der Waals surface area (Å²) in [6.45, 7) is 0. The van der Waals surface area contributed by atoms with Gasteiger partial charge in [0.1, 0.15) is 0 Å². The molecule has 12 aromatic carbocycles. The number of aromatic nitrogens is 2. The first kappa shape index (κ1) is 41.7. The first-order valence-electron chi connectivity index (χ1n) is 24.8. The number of nitrogens with zero attached hydrogens (tertiary/aromatic N) is 3. The average molecular weight is 1040 g/mol. The molecular weight excluding hydrogens is 990 g/mol. The molecule has 1 saturated heterocycles. The molecule has 3 unspecified atom stereocenters. The van der Waals surface area contributed by atoms with E-state index in [0.717, 1.165) is 0 Å². The Morgan fingerprint density at radius 1 is 0.403 bits per heavy atom. The standard InChI is InChI=1S/C66H46IN5/c1-2-18-42(19-3-1)45-25-16-26-48(38-45)65(72-66(69-72)56-33-17-24-43-20-4-8-27-50(43)56)68-67-49-39-46-22-6-9-28-51(46)60(41-49)70-59-35-15-13-32-57(59)62-61(70)40-47-23-7-11-30-53(47)64(62)71-58-34-14-12-31-54(58)55-37-36-44-21-5-10-29-52(44)63(55)71/h1-41,65-66,69H,68H2. The van der Waals surface area contributed by atoms with Crippen molar-refractivity contribution in [3.8, 4) is 22.5 Å². The van der Waals surface area contributed by atoms with Gasteiger partial charge in [-0.15, -0.1) is 0 Å². The molecule has 14 aromatic rings. The molecule has 3 N–H and O–H groups in total. The predicted octanol–water partition coefficient (Wildman–Crippen LogP) is 12.1. The second kappa shape index (κ2) is 16.8. The molecule has 0 amide bonds. The molecule has 1 aliphatic heterocycles. The fourth-order valence-electron chi connectivity index (χ4n) is 11.7. The summed E-state index contributed by atoms with van der Waals surface area (Å²) < 4.78 is 9.16. The van der Waals surface area contributed by atoms with Gasteiger partial charge in [-0.1, -0.05) is 6.07 Å². The van der Waals surface area contributed by atoms with Crippen LogP contribution in [0.5, 0.6) is 0 Å². The van der Waals surface area contributed by atoms with E-state index in [0.29, 0.717) is 0 Å². The van der Waals surface area contributed by atoms with Crippen LogP contribution in [0.15, 0.2) is 249 Å². The second-order valence-electron chi connectivity index (χ2n) is 19.1. The first-order chi connectivity index (χ1) is 35.7. The van der Waals surface area contributed by atoms with E-state index in [1.165, 1.54) is 124 Å². The Kier molecular flexibility index (Phi) is 9.70. The van der Waals surface area contributed by atoms with E-state index in [4.69, 9.17) is 0 Å². The third-order valence-electron chi connectivity index (χ3n) is 15.0. The topological polar surface area (TPSA) is 51.4 Å². The summed E-state index contributed by atoms with van der Waals surface area (Å²) >= 11 is -0.627. The molecule has 1 fully saturated rings. The van der Waals surface area contributed by atoms with Crippen molar-refractivity contribution in [3.05, 3.63) is 263 Å². The molecule has 342 valence electrons. The number of halogens is 1. The Morgan fingerprint density at radius 3 is 1.81 bits per heavy atom. The van der Waals surface area contributed by atoms with E-state index in [9.17, 15) is 0 Å². The maximum absolute atomic E-state index is 3.85. The van der Waals surface area contributed by atoms with E-state index in [1.807, 2.05) is 0 Å². The van der Waals surface area contributed by atoms with Crippen LogP contribution in [0.25, 0.3) is 109 Å². The van der Waals surface area contributed by atoms with Gasteiger partial charge >= 0.3 is 423 Å². The van der Waals surface area contributed by atoms with Crippen molar-refractivity contribution in [3.63, 3.8) is 0 Å². The Labute approximate surface area is 426 Å². The summed E-state index contributed by atoms with van der Waals surface area (Å²) in [6, 6.07) is 92.3. The summed E-state index contributed by atoms with van der Waals surface area (Å²) in [5.41, 5.74) is 16.2. The molecule has 0 aliphatic carbocycles. The Bertz CT molecular complexity index is 4470. The van der Waals surface area contributed by atoms with Crippen LogP contribution in [0.4, 0.5) is 0 Å². The minimum absolute atomic E-state index is 0.0461. The van der Waals surface area contributed by atoms with E-state index >= 15 is 0 Å². The summed E-state index contributed by atoms with van der Waals surface area (Å²) in [4.78, 5) is 0. The molecule has 15 rings (SSSR count). The fraction of sp³-hybridized carbons (Fsp3) is 0.0303. The van der Waals surface area contributed by atoms with Crippen LogP contribution in [0, 0.1) is 3.57 Å². The molecule has 0 saturated carbocycles. The molecule has 0 spiro atoms. The van der Waals surface area contributed by atoms with Crippen molar-refractivity contribution in [1.82, 2.24) is 19.6 Å². The Balaban J connectivity index is 0.923. The molecule has 72 heavy (non-hydrogen) atoms. The zero-order valence-electron chi connectivity index (χ0n) is 39.1. The van der Waals surface area contributed by atoms with Crippen LogP contribution >= 0.6 is 0 Å². The molecule has 5 nitrogen and oxygen atoms in total. The van der Waals surface area contributed by atoms with Crippen LogP contribution in [0.3, 0.4) is 0 Å². The number of nitrogens with one attached hydrogen (secondary N) is 1. The third kappa shape index (κ3) is 6.64. The van der Waals surface area contributed by atoms with Gasteiger partial charge in [0, 0.05) is 0 Å². The molecule has 2 aromatic heterocycles. The molecule has 3 heterocycles.